The maximum absolute atomic E-state index is 13.6. The van der Waals surface area contributed by atoms with Gasteiger partial charge in [0.15, 0.2) is 5.96 Å². The number of hydrogen-bond donors (Lipinski definition) is 3. The summed E-state index contributed by atoms with van der Waals surface area (Å²) in [6.45, 7) is 5.59. The molecule has 0 saturated carbocycles. The summed E-state index contributed by atoms with van der Waals surface area (Å²) in [6.07, 6.45) is 2.04. The predicted octanol–water partition coefficient (Wildman–Crippen LogP) is 3.53. The quantitative estimate of drug-likeness (QED) is 0.371. The van der Waals surface area contributed by atoms with Gasteiger partial charge in [0, 0.05) is 32.2 Å². The number of amides is 1. The third-order valence-corrected chi connectivity index (χ3v) is 4.41. The molecule has 1 amide bonds. The predicted molar refractivity (Wildman–Crippen MR) is 112 cm³/mol. The molecule has 3 N–H and O–H groups in total. The van der Waals surface area contributed by atoms with Crippen molar-refractivity contribution in [2.45, 2.75) is 39.8 Å². The highest BCUT2D eigenvalue weighted by molar-refractivity contribution is 5.94. The summed E-state index contributed by atoms with van der Waals surface area (Å²) >= 11 is 0. The molecule has 0 aliphatic rings. The van der Waals surface area contributed by atoms with Gasteiger partial charge in [-0.05, 0) is 48.2 Å². The van der Waals surface area contributed by atoms with E-state index in [9.17, 15) is 9.18 Å². The van der Waals surface area contributed by atoms with E-state index in [1.165, 1.54) is 6.07 Å². The molecule has 0 fully saturated rings. The van der Waals surface area contributed by atoms with Crippen LogP contribution < -0.4 is 16.0 Å². The van der Waals surface area contributed by atoms with E-state index in [0.717, 1.165) is 24.0 Å². The molecule has 0 saturated heterocycles. The summed E-state index contributed by atoms with van der Waals surface area (Å²) in [5.41, 5.74) is 3.18. The number of unbranched alkanes of at least 4 members (excludes halogenated alkanes) is 1. The molecule has 0 heterocycles. The molecule has 2 aromatic carbocycles. The topological polar surface area (TPSA) is 65.5 Å². The lowest BCUT2D eigenvalue weighted by Crippen LogP contribution is -2.36. The molecule has 150 valence electrons. The Morgan fingerprint density at radius 1 is 1.00 bits per heavy atom. The van der Waals surface area contributed by atoms with Crippen LogP contribution in [0.1, 0.15) is 46.8 Å². The molecule has 0 bridgehead atoms. The summed E-state index contributed by atoms with van der Waals surface area (Å²) in [4.78, 5) is 16.2. The average molecular weight is 384 g/mol. The van der Waals surface area contributed by atoms with Crippen LogP contribution in [0.25, 0.3) is 0 Å². The molecule has 0 radical (unpaired) electrons. The number of halogens is 1. The molecule has 5 nitrogen and oxygen atoms in total. The Hall–Kier alpha value is -2.89. The monoisotopic (exact) mass is 384 g/mol. The Labute approximate surface area is 166 Å². The summed E-state index contributed by atoms with van der Waals surface area (Å²) in [5.74, 6) is 0.374. The minimum absolute atomic E-state index is 0.0456. The van der Waals surface area contributed by atoms with E-state index in [1.807, 2.05) is 30.3 Å². The Bertz CT molecular complexity index is 803. The fourth-order valence-electron chi connectivity index (χ4n) is 2.59. The van der Waals surface area contributed by atoms with Crippen molar-refractivity contribution in [3.05, 3.63) is 70.5 Å². The van der Waals surface area contributed by atoms with Crippen molar-refractivity contribution in [1.29, 1.82) is 0 Å². The number of hydrogen-bond acceptors (Lipinski definition) is 2. The van der Waals surface area contributed by atoms with Gasteiger partial charge < -0.3 is 16.0 Å². The van der Waals surface area contributed by atoms with Crippen LogP contribution in [0.5, 0.6) is 0 Å². The molecule has 0 atom stereocenters. The van der Waals surface area contributed by atoms with Gasteiger partial charge >= 0.3 is 0 Å². The molecule has 0 spiro atoms. The van der Waals surface area contributed by atoms with Gasteiger partial charge in [-0.15, -0.1) is 0 Å². The van der Waals surface area contributed by atoms with Crippen LogP contribution in [0.3, 0.4) is 0 Å². The summed E-state index contributed by atoms with van der Waals surface area (Å²) < 4.78 is 13.6. The number of benzene rings is 2. The Morgan fingerprint density at radius 2 is 1.64 bits per heavy atom. The van der Waals surface area contributed by atoms with Gasteiger partial charge in [-0.3, -0.25) is 9.79 Å². The number of rotatable bonds is 8. The molecule has 0 unspecified atom stereocenters. The Balaban J connectivity index is 1.82. The standard InChI is InChI=1S/C22H29FN4O/c1-4-5-12-25-21(28)19-10-8-17(9-11-19)14-26-22(24-3)27-15-18-7-6-16(2)20(23)13-18/h6-11,13H,4-5,12,14-15H2,1-3H3,(H,25,28)(H2,24,26,27). The van der Waals surface area contributed by atoms with Crippen molar-refractivity contribution in [2.24, 2.45) is 4.99 Å². The minimum Gasteiger partial charge on any atom is -0.352 e. The number of carbonyl (C=O) groups excluding carboxylic acids is 1. The van der Waals surface area contributed by atoms with E-state index in [0.29, 0.717) is 36.7 Å². The van der Waals surface area contributed by atoms with E-state index >= 15 is 0 Å². The molecular formula is C22H29FN4O. The number of aliphatic imine (C=N–C) groups is 1. The SMILES string of the molecule is CCCCNC(=O)c1ccc(CNC(=NC)NCc2ccc(C)c(F)c2)cc1. The lowest BCUT2D eigenvalue weighted by Gasteiger charge is -2.13. The molecule has 0 aliphatic carbocycles. The van der Waals surface area contributed by atoms with Gasteiger partial charge in [0.1, 0.15) is 5.82 Å². The second-order valence-electron chi connectivity index (χ2n) is 6.67. The first-order valence-corrected chi connectivity index (χ1v) is 9.60. The van der Waals surface area contributed by atoms with Crippen LogP contribution in [0, 0.1) is 12.7 Å². The fraction of sp³-hybridized carbons (Fsp3) is 0.364. The lowest BCUT2D eigenvalue weighted by molar-refractivity contribution is 0.0953. The molecule has 0 aliphatic heterocycles. The van der Waals surface area contributed by atoms with Crippen molar-refractivity contribution in [1.82, 2.24) is 16.0 Å². The molecule has 0 aromatic heterocycles. The van der Waals surface area contributed by atoms with Crippen LogP contribution in [-0.2, 0) is 13.1 Å². The smallest absolute Gasteiger partial charge is 0.251 e. The first kappa shape index (κ1) is 21.4. The van der Waals surface area contributed by atoms with Gasteiger partial charge in [-0.1, -0.05) is 37.6 Å². The first-order chi connectivity index (χ1) is 13.5. The number of nitrogens with zero attached hydrogens (tertiary/aromatic N) is 1. The highest BCUT2D eigenvalue weighted by atomic mass is 19.1. The van der Waals surface area contributed by atoms with Gasteiger partial charge in [0.25, 0.3) is 5.91 Å². The van der Waals surface area contributed by atoms with Gasteiger partial charge in [-0.2, -0.15) is 0 Å². The van der Waals surface area contributed by atoms with Crippen LogP contribution >= 0.6 is 0 Å². The van der Waals surface area contributed by atoms with Crippen LogP contribution in [0.15, 0.2) is 47.5 Å². The molecular weight excluding hydrogens is 355 g/mol. The van der Waals surface area contributed by atoms with Crippen molar-refractivity contribution in [3.8, 4) is 0 Å². The number of aryl methyl sites for hydroxylation is 1. The second-order valence-corrected chi connectivity index (χ2v) is 6.67. The molecule has 2 aromatic rings. The average Bonchev–Trinajstić information content (AvgIpc) is 2.71. The van der Waals surface area contributed by atoms with E-state index in [-0.39, 0.29) is 11.7 Å². The molecule has 28 heavy (non-hydrogen) atoms. The van der Waals surface area contributed by atoms with Gasteiger partial charge in [-0.25, -0.2) is 4.39 Å². The number of carbonyl (C=O) groups is 1. The zero-order chi connectivity index (χ0) is 20.4. The zero-order valence-corrected chi connectivity index (χ0v) is 16.8. The van der Waals surface area contributed by atoms with Crippen molar-refractivity contribution < 1.29 is 9.18 Å². The summed E-state index contributed by atoms with van der Waals surface area (Å²) in [5, 5.41) is 9.29. The molecule has 2 rings (SSSR count). The van der Waals surface area contributed by atoms with Crippen molar-refractivity contribution >= 4 is 11.9 Å². The van der Waals surface area contributed by atoms with E-state index in [2.05, 4.69) is 27.9 Å². The van der Waals surface area contributed by atoms with Gasteiger partial charge in [0.05, 0.1) is 0 Å². The first-order valence-electron chi connectivity index (χ1n) is 9.60. The largest absolute Gasteiger partial charge is 0.352 e. The Morgan fingerprint density at radius 3 is 2.25 bits per heavy atom. The van der Waals surface area contributed by atoms with Crippen LogP contribution in [-0.4, -0.2) is 25.5 Å². The van der Waals surface area contributed by atoms with Crippen LogP contribution in [0.4, 0.5) is 4.39 Å². The summed E-state index contributed by atoms with van der Waals surface area (Å²) in [7, 11) is 1.69. The van der Waals surface area contributed by atoms with E-state index < -0.39 is 0 Å². The zero-order valence-electron chi connectivity index (χ0n) is 16.8. The van der Waals surface area contributed by atoms with E-state index in [1.54, 1.807) is 20.0 Å². The second kappa shape index (κ2) is 11.1. The minimum atomic E-state index is -0.207. The normalized spacial score (nSPS) is 11.2. The number of nitrogens with one attached hydrogen (secondary N) is 3. The van der Waals surface area contributed by atoms with Crippen molar-refractivity contribution in [2.75, 3.05) is 13.6 Å². The third kappa shape index (κ3) is 6.68. The fourth-order valence-corrected chi connectivity index (χ4v) is 2.59. The molecule has 6 heteroatoms. The highest BCUT2D eigenvalue weighted by Gasteiger charge is 2.05. The number of guanidine groups is 1. The van der Waals surface area contributed by atoms with E-state index in [4.69, 9.17) is 0 Å². The summed E-state index contributed by atoms with van der Waals surface area (Å²) in [6, 6.07) is 12.7. The van der Waals surface area contributed by atoms with Gasteiger partial charge in [0.2, 0.25) is 0 Å². The van der Waals surface area contributed by atoms with Crippen molar-refractivity contribution in [3.63, 3.8) is 0 Å². The maximum atomic E-state index is 13.6. The van der Waals surface area contributed by atoms with Crippen LogP contribution in [0.2, 0.25) is 0 Å². The maximum Gasteiger partial charge on any atom is 0.251 e. The third-order valence-electron chi connectivity index (χ3n) is 4.41. The highest BCUT2D eigenvalue weighted by Crippen LogP contribution is 2.09. The lowest BCUT2D eigenvalue weighted by atomic mass is 10.1. The Kier molecular flexibility index (Phi) is 8.46.